The topological polar surface area (TPSA) is 43.8 Å². The Labute approximate surface area is 93.7 Å². The molecule has 2 aromatic rings. The molecule has 1 aromatic carbocycles. The van der Waals surface area contributed by atoms with Gasteiger partial charge in [0.05, 0.1) is 11.4 Å². The van der Waals surface area contributed by atoms with Crippen molar-refractivity contribution in [3.63, 3.8) is 0 Å². The van der Waals surface area contributed by atoms with E-state index in [4.69, 9.17) is 5.73 Å². The molecule has 3 nitrogen and oxygen atoms in total. The molecule has 0 radical (unpaired) electrons. The lowest BCUT2D eigenvalue weighted by molar-refractivity contribution is 0.633. The summed E-state index contributed by atoms with van der Waals surface area (Å²) >= 11 is 0. The molecule has 0 spiro atoms. The summed E-state index contributed by atoms with van der Waals surface area (Å²) in [6.45, 7) is 4.69. The van der Waals surface area contributed by atoms with Crippen LogP contribution in [0.5, 0.6) is 0 Å². The van der Waals surface area contributed by atoms with Crippen LogP contribution >= 0.6 is 0 Å². The van der Waals surface area contributed by atoms with Crippen molar-refractivity contribution in [1.82, 2.24) is 9.78 Å². The van der Waals surface area contributed by atoms with E-state index in [1.165, 1.54) is 6.07 Å². The number of aryl methyl sites for hydroxylation is 2. The second-order valence-electron chi connectivity index (χ2n) is 3.68. The van der Waals surface area contributed by atoms with Gasteiger partial charge in [-0.25, -0.2) is 4.39 Å². The van der Waals surface area contributed by atoms with Crippen LogP contribution in [0.15, 0.2) is 24.4 Å². The Morgan fingerprint density at radius 2 is 2.12 bits per heavy atom. The van der Waals surface area contributed by atoms with Crippen molar-refractivity contribution in [2.45, 2.75) is 20.4 Å². The molecule has 0 unspecified atom stereocenters. The van der Waals surface area contributed by atoms with E-state index in [9.17, 15) is 4.39 Å². The fourth-order valence-electron chi connectivity index (χ4n) is 1.72. The van der Waals surface area contributed by atoms with Crippen LogP contribution < -0.4 is 5.73 Å². The molecule has 0 atom stereocenters. The number of hydrogen-bond donors (Lipinski definition) is 1. The van der Waals surface area contributed by atoms with E-state index >= 15 is 0 Å². The molecule has 84 valence electrons. The summed E-state index contributed by atoms with van der Waals surface area (Å²) in [6.07, 6.45) is 1.89. The zero-order valence-electron chi connectivity index (χ0n) is 9.37. The van der Waals surface area contributed by atoms with Crippen LogP contribution in [0.1, 0.15) is 12.6 Å². The summed E-state index contributed by atoms with van der Waals surface area (Å²) in [4.78, 5) is 0. The lowest BCUT2D eigenvalue weighted by Gasteiger charge is -2.04. The van der Waals surface area contributed by atoms with Gasteiger partial charge in [-0.15, -0.1) is 0 Å². The van der Waals surface area contributed by atoms with E-state index in [1.807, 2.05) is 30.8 Å². The number of anilines is 1. The SMILES string of the molecule is CCn1cc(-c2cccc(F)c2N)c(C)n1. The number of para-hydroxylation sites is 1. The van der Waals surface area contributed by atoms with Crippen molar-refractivity contribution >= 4 is 5.69 Å². The van der Waals surface area contributed by atoms with Gasteiger partial charge in [-0.2, -0.15) is 5.10 Å². The summed E-state index contributed by atoms with van der Waals surface area (Å²) in [5, 5.41) is 4.31. The minimum Gasteiger partial charge on any atom is -0.396 e. The Morgan fingerprint density at radius 3 is 2.75 bits per heavy atom. The first-order chi connectivity index (χ1) is 7.63. The predicted molar refractivity (Wildman–Crippen MR) is 62.4 cm³/mol. The van der Waals surface area contributed by atoms with Gasteiger partial charge in [0, 0.05) is 23.9 Å². The molecular weight excluding hydrogens is 205 g/mol. The minimum atomic E-state index is -0.388. The molecule has 2 N–H and O–H groups in total. The van der Waals surface area contributed by atoms with Crippen LogP contribution in [0.25, 0.3) is 11.1 Å². The predicted octanol–water partition coefficient (Wildman–Crippen LogP) is 2.60. The molecule has 4 heteroatoms. The highest BCUT2D eigenvalue weighted by Gasteiger charge is 2.11. The molecule has 1 heterocycles. The lowest BCUT2D eigenvalue weighted by atomic mass is 10.0. The first kappa shape index (κ1) is 10.7. The molecule has 0 saturated heterocycles. The normalized spacial score (nSPS) is 10.7. The fraction of sp³-hybridized carbons (Fsp3) is 0.250. The second-order valence-corrected chi connectivity index (χ2v) is 3.68. The fourth-order valence-corrected chi connectivity index (χ4v) is 1.72. The standard InChI is InChI=1S/C12H14FN3/c1-3-16-7-10(8(2)15-16)9-5-4-6-11(13)12(9)14/h4-7H,3,14H2,1-2H3. The van der Waals surface area contributed by atoms with Gasteiger partial charge in [0.25, 0.3) is 0 Å². The van der Waals surface area contributed by atoms with Crippen molar-refractivity contribution in [2.24, 2.45) is 0 Å². The molecular formula is C12H14FN3. The highest BCUT2D eigenvalue weighted by Crippen LogP contribution is 2.29. The lowest BCUT2D eigenvalue weighted by Crippen LogP contribution is -1.94. The van der Waals surface area contributed by atoms with E-state index in [1.54, 1.807) is 6.07 Å². The Kier molecular flexibility index (Phi) is 2.64. The molecule has 0 bridgehead atoms. The smallest absolute Gasteiger partial charge is 0.146 e. The van der Waals surface area contributed by atoms with Gasteiger partial charge in [-0.1, -0.05) is 12.1 Å². The van der Waals surface area contributed by atoms with Crippen LogP contribution in [0.3, 0.4) is 0 Å². The summed E-state index contributed by atoms with van der Waals surface area (Å²) in [6, 6.07) is 4.82. The van der Waals surface area contributed by atoms with Crippen LogP contribution in [-0.2, 0) is 6.54 Å². The molecule has 0 saturated carbocycles. The van der Waals surface area contributed by atoms with Crippen molar-refractivity contribution in [1.29, 1.82) is 0 Å². The number of aromatic nitrogens is 2. The van der Waals surface area contributed by atoms with Crippen molar-refractivity contribution < 1.29 is 4.39 Å². The van der Waals surface area contributed by atoms with Gasteiger partial charge in [-0.05, 0) is 19.9 Å². The average molecular weight is 219 g/mol. The molecule has 0 aliphatic heterocycles. The molecule has 0 aliphatic carbocycles. The average Bonchev–Trinajstić information content (AvgIpc) is 2.64. The zero-order valence-corrected chi connectivity index (χ0v) is 9.37. The largest absolute Gasteiger partial charge is 0.396 e. The van der Waals surface area contributed by atoms with Crippen LogP contribution in [0, 0.1) is 12.7 Å². The quantitative estimate of drug-likeness (QED) is 0.789. The number of halogens is 1. The maximum atomic E-state index is 13.3. The Balaban J connectivity index is 2.58. The Bertz CT molecular complexity index is 517. The Morgan fingerprint density at radius 1 is 1.38 bits per heavy atom. The first-order valence-corrected chi connectivity index (χ1v) is 5.22. The zero-order chi connectivity index (χ0) is 11.7. The van der Waals surface area contributed by atoms with Crippen molar-refractivity contribution in [3.05, 3.63) is 35.9 Å². The van der Waals surface area contributed by atoms with Gasteiger partial charge in [0.1, 0.15) is 5.82 Å². The summed E-state index contributed by atoms with van der Waals surface area (Å²) in [5.41, 5.74) is 8.36. The monoisotopic (exact) mass is 219 g/mol. The third-order valence-corrected chi connectivity index (χ3v) is 2.61. The van der Waals surface area contributed by atoms with Gasteiger partial charge in [0.15, 0.2) is 0 Å². The van der Waals surface area contributed by atoms with Crippen molar-refractivity contribution in [2.75, 3.05) is 5.73 Å². The second kappa shape index (κ2) is 3.96. The van der Waals surface area contributed by atoms with E-state index in [0.29, 0.717) is 5.56 Å². The third-order valence-electron chi connectivity index (χ3n) is 2.61. The van der Waals surface area contributed by atoms with Gasteiger partial charge in [-0.3, -0.25) is 4.68 Å². The van der Waals surface area contributed by atoms with Gasteiger partial charge < -0.3 is 5.73 Å². The highest BCUT2D eigenvalue weighted by molar-refractivity contribution is 5.77. The summed E-state index contributed by atoms with van der Waals surface area (Å²) < 4.78 is 15.1. The van der Waals surface area contributed by atoms with E-state index in [2.05, 4.69) is 5.10 Å². The van der Waals surface area contributed by atoms with Gasteiger partial charge in [0.2, 0.25) is 0 Å². The summed E-state index contributed by atoms with van der Waals surface area (Å²) in [7, 11) is 0. The third kappa shape index (κ3) is 1.66. The molecule has 2 rings (SSSR count). The first-order valence-electron chi connectivity index (χ1n) is 5.22. The number of hydrogen-bond acceptors (Lipinski definition) is 2. The van der Waals surface area contributed by atoms with E-state index in [0.717, 1.165) is 17.8 Å². The maximum Gasteiger partial charge on any atom is 0.146 e. The molecule has 0 amide bonds. The molecule has 16 heavy (non-hydrogen) atoms. The van der Waals surface area contributed by atoms with Crippen LogP contribution in [0.4, 0.5) is 10.1 Å². The minimum absolute atomic E-state index is 0.182. The molecule has 0 aliphatic rings. The van der Waals surface area contributed by atoms with E-state index < -0.39 is 0 Å². The molecule has 1 aromatic heterocycles. The number of nitrogens with two attached hydrogens (primary N) is 1. The highest BCUT2D eigenvalue weighted by atomic mass is 19.1. The Hall–Kier alpha value is -1.84. The van der Waals surface area contributed by atoms with Crippen molar-refractivity contribution in [3.8, 4) is 11.1 Å². The number of benzene rings is 1. The number of rotatable bonds is 2. The number of nitrogen functional groups attached to an aromatic ring is 1. The van der Waals surface area contributed by atoms with Gasteiger partial charge >= 0.3 is 0 Å². The van der Waals surface area contributed by atoms with Crippen LogP contribution in [0.2, 0.25) is 0 Å². The maximum absolute atomic E-state index is 13.3. The molecule has 0 fully saturated rings. The van der Waals surface area contributed by atoms with Crippen LogP contribution in [-0.4, -0.2) is 9.78 Å². The van der Waals surface area contributed by atoms with E-state index in [-0.39, 0.29) is 11.5 Å². The summed E-state index contributed by atoms with van der Waals surface area (Å²) in [5.74, 6) is -0.388. The number of nitrogens with zero attached hydrogens (tertiary/aromatic N) is 2.